The van der Waals surface area contributed by atoms with Gasteiger partial charge >= 0.3 is 5.97 Å². The zero-order chi connectivity index (χ0) is 25.5. The highest BCUT2D eigenvalue weighted by Gasteiger charge is 2.28. The molecule has 1 aliphatic heterocycles. The normalized spacial score (nSPS) is 18.6. The van der Waals surface area contributed by atoms with Crippen LogP contribution in [-0.2, 0) is 22.8 Å². The highest BCUT2D eigenvalue weighted by Crippen LogP contribution is 2.23. The Morgan fingerprint density at radius 3 is 2.31 bits per heavy atom. The fourth-order valence-corrected chi connectivity index (χ4v) is 5.71. The van der Waals surface area contributed by atoms with Gasteiger partial charge in [0.25, 0.3) is 0 Å². The molecule has 2 atom stereocenters. The largest absolute Gasteiger partial charge is 0.423 e. The summed E-state index contributed by atoms with van der Waals surface area (Å²) < 4.78 is 31.1. The van der Waals surface area contributed by atoms with E-state index in [9.17, 15) is 18.3 Å². The molecular weight excluding hydrogens is 476 g/mol. The molecule has 0 aliphatic carbocycles. The Hall–Kier alpha value is -3.04. The van der Waals surface area contributed by atoms with Gasteiger partial charge in [0.1, 0.15) is 5.75 Å². The minimum atomic E-state index is -3.52. The topological polar surface area (TPSA) is 110 Å². The summed E-state index contributed by atoms with van der Waals surface area (Å²) in [6, 6.07) is 22.8. The van der Waals surface area contributed by atoms with Crippen LogP contribution in [0.3, 0.4) is 0 Å². The minimum Gasteiger partial charge on any atom is -0.423 e. The Morgan fingerprint density at radius 2 is 1.67 bits per heavy atom. The number of likely N-dealkylation sites (tertiary alicyclic amines) is 1. The summed E-state index contributed by atoms with van der Waals surface area (Å²) in [5.74, 6) is -0.127. The van der Waals surface area contributed by atoms with E-state index < -0.39 is 21.9 Å². The van der Waals surface area contributed by atoms with Crippen molar-refractivity contribution in [2.45, 2.75) is 30.4 Å². The van der Waals surface area contributed by atoms with Gasteiger partial charge < -0.3 is 15.6 Å². The lowest BCUT2D eigenvalue weighted by molar-refractivity contribution is 0.0245. The van der Waals surface area contributed by atoms with Crippen molar-refractivity contribution in [1.29, 1.82) is 0 Å². The number of ether oxygens (including phenoxy) is 1. The fraction of sp³-hybridized carbons (Fsp3) is 0.321. The molecule has 0 aromatic heterocycles. The Labute approximate surface area is 212 Å². The summed E-state index contributed by atoms with van der Waals surface area (Å²) in [4.78, 5) is 14.5. The molecule has 0 bridgehead atoms. The van der Waals surface area contributed by atoms with E-state index in [1.807, 2.05) is 23.1 Å². The number of rotatable bonds is 9. The van der Waals surface area contributed by atoms with E-state index in [1.54, 1.807) is 24.3 Å². The summed E-state index contributed by atoms with van der Waals surface area (Å²) in [6.07, 6.45) is 1.16. The maximum Gasteiger partial charge on any atom is 0.343 e. The van der Waals surface area contributed by atoms with E-state index in [0.29, 0.717) is 25.2 Å². The van der Waals surface area contributed by atoms with Gasteiger partial charge in [-0.25, -0.2) is 13.2 Å². The molecule has 1 aliphatic rings. The van der Waals surface area contributed by atoms with E-state index >= 15 is 0 Å². The number of carbonyl (C=O) groups is 1. The molecule has 36 heavy (non-hydrogen) atoms. The third kappa shape index (κ3) is 6.79. The lowest BCUT2D eigenvalue weighted by Gasteiger charge is -2.36. The van der Waals surface area contributed by atoms with Crippen LogP contribution in [0.4, 0.5) is 0 Å². The quantitative estimate of drug-likeness (QED) is 0.338. The Balaban J connectivity index is 1.28. The number of nitrogens with zero attached hydrogens (tertiary/aromatic N) is 1. The smallest absolute Gasteiger partial charge is 0.343 e. The predicted molar refractivity (Wildman–Crippen MR) is 138 cm³/mol. The molecule has 0 radical (unpaired) electrons. The van der Waals surface area contributed by atoms with E-state index in [1.165, 1.54) is 29.8 Å². The summed E-state index contributed by atoms with van der Waals surface area (Å²) in [5, 5.41) is 10.6. The first-order valence-electron chi connectivity index (χ1n) is 12.1. The van der Waals surface area contributed by atoms with Crippen LogP contribution in [0.15, 0.2) is 83.8 Å². The maximum atomic E-state index is 12.9. The lowest BCUT2D eigenvalue weighted by atomic mass is 9.88. The lowest BCUT2D eigenvalue weighted by Crippen LogP contribution is -2.46. The van der Waals surface area contributed by atoms with Gasteiger partial charge in [0.15, 0.2) is 9.84 Å². The molecule has 0 saturated carbocycles. The van der Waals surface area contributed by atoms with Crippen LogP contribution in [0.2, 0.25) is 0 Å². The van der Waals surface area contributed by atoms with Crippen LogP contribution in [0.25, 0.3) is 0 Å². The number of nitrogens with two attached hydrogens (primary N) is 1. The molecule has 3 aromatic rings. The van der Waals surface area contributed by atoms with Crippen molar-refractivity contribution in [3.05, 3.63) is 95.6 Å². The number of hydrogen-bond acceptors (Lipinski definition) is 7. The van der Waals surface area contributed by atoms with E-state index in [-0.39, 0.29) is 22.3 Å². The molecule has 3 aromatic carbocycles. The number of β-amino-alcohol motifs (C(OH)–C–C–N with tert-alkyl or cyclic N) is 1. The van der Waals surface area contributed by atoms with Crippen molar-refractivity contribution in [2.75, 3.05) is 25.4 Å². The molecule has 4 rings (SSSR count). The van der Waals surface area contributed by atoms with Crippen molar-refractivity contribution in [1.82, 2.24) is 4.90 Å². The number of piperidine rings is 1. The number of benzene rings is 3. The Kier molecular flexibility index (Phi) is 8.53. The van der Waals surface area contributed by atoms with Crippen molar-refractivity contribution in [3.63, 3.8) is 0 Å². The number of esters is 1. The van der Waals surface area contributed by atoms with Gasteiger partial charge in [-0.3, -0.25) is 4.90 Å². The van der Waals surface area contributed by atoms with E-state index in [4.69, 9.17) is 10.5 Å². The number of carbonyl (C=O) groups excluding carboxylic acids is 1. The first-order valence-corrected chi connectivity index (χ1v) is 13.8. The van der Waals surface area contributed by atoms with E-state index in [2.05, 4.69) is 12.1 Å². The molecule has 8 heteroatoms. The van der Waals surface area contributed by atoms with Crippen molar-refractivity contribution < 1.29 is 23.1 Å². The van der Waals surface area contributed by atoms with Gasteiger partial charge in [-0.15, -0.1) is 0 Å². The van der Waals surface area contributed by atoms with Crippen LogP contribution in [0.5, 0.6) is 5.75 Å². The molecule has 1 saturated heterocycles. The van der Waals surface area contributed by atoms with Gasteiger partial charge in [-0.2, -0.15) is 0 Å². The molecule has 0 spiro atoms. The number of aliphatic hydroxyl groups is 1. The monoisotopic (exact) mass is 508 g/mol. The first-order chi connectivity index (χ1) is 17.3. The number of hydrogen-bond donors (Lipinski definition) is 2. The Morgan fingerprint density at radius 1 is 0.972 bits per heavy atom. The molecule has 0 amide bonds. The van der Waals surface area contributed by atoms with Gasteiger partial charge in [0, 0.05) is 19.6 Å². The second-order valence-electron chi connectivity index (χ2n) is 9.19. The zero-order valence-electron chi connectivity index (χ0n) is 20.1. The molecular formula is C28H32N2O5S. The van der Waals surface area contributed by atoms with Gasteiger partial charge in [0.2, 0.25) is 0 Å². The summed E-state index contributed by atoms with van der Waals surface area (Å²) in [7, 11) is -3.52. The van der Waals surface area contributed by atoms with Crippen LogP contribution in [0, 0.1) is 5.92 Å². The highest BCUT2D eigenvalue weighted by atomic mass is 32.2. The predicted octanol–water partition coefficient (Wildman–Crippen LogP) is 3.06. The van der Waals surface area contributed by atoms with Gasteiger partial charge in [-0.05, 0) is 72.8 Å². The van der Waals surface area contributed by atoms with Crippen LogP contribution in [-0.4, -0.2) is 55.9 Å². The van der Waals surface area contributed by atoms with Crippen LogP contribution < -0.4 is 10.5 Å². The van der Waals surface area contributed by atoms with Crippen LogP contribution >= 0.6 is 0 Å². The maximum absolute atomic E-state index is 12.9. The molecule has 1 fully saturated rings. The van der Waals surface area contributed by atoms with E-state index in [0.717, 1.165) is 24.9 Å². The second-order valence-corrected chi connectivity index (χ2v) is 11.3. The second kappa shape index (κ2) is 11.8. The zero-order valence-corrected chi connectivity index (χ0v) is 20.9. The number of sulfone groups is 1. The van der Waals surface area contributed by atoms with Crippen molar-refractivity contribution >= 4 is 15.8 Å². The molecule has 190 valence electrons. The van der Waals surface area contributed by atoms with Crippen molar-refractivity contribution in [3.8, 4) is 5.75 Å². The molecule has 7 nitrogen and oxygen atoms in total. The molecule has 3 N–H and O–H groups in total. The SMILES string of the molecule is NCc1ccc(C(=O)Oc2ccc(S(=O)(=O)CCN3CC[C@H](Cc4ccccc4)[C@H](O)C3)cc2)cc1. The Bertz CT molecular complexity index is 1250. The van der Waals surface area contributed by atoms with Gasteiger partial charge in [0.05, 0.1) is 22.3 Å². The summed E-state index contributed by atoms with van der Waals surface area (Å²) in [6.45, 7) is 1.96. The minimum absolute atomic E-state index is 0.0459. The average Bonchev–Trinajstić information content (AvgIpc) is 2.90. The summed E-state index contributed by atoms with van der Waals surface area (Å²) >= 11 is 0. The summed E-state index contributed by atoms with van der Waals surface area (Å²) in [5.41, 5.74) is 8.07. The first kappa shape index (κ1) is 26.0. The number of aliphatic hydroxyl groups excluding tert-OH is 1. The molecule has 0 unspecified atom stereocenters. The van der Waals surface area contributed by atoms with Crippen LogP contribution in [0.1, 0.15) is 27.9 Å². The standard InChI is InChI=1S/C28H32N2O5S/c29-19-22-6-8-23(9-7-22)28(32)35-25-10-12-26(13-11-25)36(33,34)17-16-30-15-14-24(27(31)20-30)18-21-4-2-1-3-5-21/h1-13,24,27,31H,14-20,29H2/t24-,27-/m1/s1. The fourth-order valence-electron chi connectivity index (χ4n) is 4.43. The third-order valence-corrected chi connectivity index (χ3v) is 8.35. The van der Waals surface area contributed by atoms with Gasteiger partial charge in [-0.1, -0.05) is 42.5 Å². The third-order valence-electron chi connectivity index (χ3n) is 6.64. The highest BCUT2D eigenvalue weighted by molar-refractivity contribution is 7.91. The molecule has 1 heterocycles. The van der Waals surface area contributed by atoms with Crippen molar-refractivity contribution in [2.24, 2.45) is 11.7 Å². The average molecular weight is 509 g/mol.